The summed E-state index contributed by atoms with van der Waals surface area (Å²) in [7, 11) is 3.85. The molecule has 0 unspecified atom stereocenters. The molecule has 0 spiro atoms. The lowest BCUT2D eigenvalue weighted by molar-refractivity contribution is -0.132. The highest BCUT2D eigenvalue weighted by Gasteiger charge is 2.33. The van der Waals surface area contributed by atoms with Crippen LogP contribution in [0.4, 0.5) is 0 Å². The summed E-state index contributed by atoms with van der Waals surface area (Å²) < 4.78 is 6.12. The Kier molecular flexibility index (Phi) is 7.92. The fourth-order valence-corrected chi connectivity index (χ4v) is 4.49. The van der Waals surface area contributed by atoms with Crippen LogP contribution in [-0.2, 0) is 11.3 Å². The van der Waals surface area contributed by atoms with Crippen molar-refractivity contribution in [1.29, 1.82) is 0 Å². The van der Waals surface area contributed by atoms with Crippen LogP contribution in [0.15, 0.2) is 24.3 Å². The molecule has 4 rings (SSSR count). The molecule has 1 aromatic rings. The van der Waals surface area contributed by atoms with E-state index in [1.165, 1.54) is 5.56 Å². The Bertz CT molecular complexity index is 657. The normalized spacial score (nSPS) is 26.3. The standard InChI is InChI=1S/C23H37N3O3/c1-24(2)18-22(28)26-12-6-5-9-23(19-27)10-13-25(14-11-23)17-20-7-3-4-8-21(20)29-16-15-26/h3-4,7-8,27H,5-6,9-19H2,1-2H3. The molecule has 6 heteroatoms. The quantitative estimate of drug-likeness (QED) is 0.839. The Morgan fingerprint density at radius 3 is 2.59 bits per heavy atom. The van der Waals surface area contributed by atoms with Crippen molar-refractivity contribution in [1.82, 2.24) is 14.7 Å². The van der Waals surface area contributed by atoms with E-state index in [-0.39, 0.29) is 17.9 Å². The fraction of sp³-hybridized carbons (Fsp3) is 0.696. The Labute approximate surface area is 175 Å². The van der Waals surface area contributed by atoms with E-state index in [0.29, 0.717) is 19.7 Å². The lowest BCUT2D eigenvalue weighted by Gasteiger charge is -2.41. The van der Waals surface area contributed by atoms with Gasteiger partial charge in [-0.3, -0.25) is 9.69 Å². The molecule has 0 saturated carbocycles. The summed E-state index contributed by atoms with van der Waals surface area (Å²) in [6.45, 7) is 5.47. The van der Waals surface area contributed by atoms with Crippen molar-refractivity contribution in [3.05, 3.63) is 29.8 Å². The van der Waals surface area contributed by atoms with Gasteiger partial charge < -0.3 is 19.6 Å². The van der Waals surface area contributed by atoms with Gasteiger partial charge in [-0.15, -0.1) is 0 Å². The molecule has 1 fully saturated rings. The first-order valence-electron chi connectivity index (χ1n) is 11.0. The SMILES string of the molecule is CN(C)CC(=O)N1CCCCC2(CO)CCN(CC2)Cc2ccccc2OCC1. The summed E-state index contributed by atoms with van der Waals surface area (Å²) in [6.07, 6.45) is 5.14. The monoisotopic (exact) mass is 403 g/mol. The average molecular weight is 404 g/mol. The molecule has 3 heterocycles. The maximum atomic E-state index is 12.7. The van der Waals surface area contributed by atoms with Crippen LogP contribution in [0.2, 0.25) is 0 Å². The first-order valence-corrected chi connectivity index (χ1v) is 11.0. The van der Waals surface area contributed by atoms with Gasteiger partial charge in [-0.1, -0.05) is 24.6 Å². The number of nitrogens with zero attached hydrogens (tertiary/aromatic N) is 3. The number of aliphatic hydroxyl groups excluding tert-OH is 1. The zero-order valence-corrected chi connectivity index (χ0v) is 18.1. The van der Waals surface area contributed by atoms with Crippen molar-refractivity contribution >= 4 is 5.91 Å². The zero-order chi connectivity index (χ0) is 20.7. The number of aliphatic hydroxyl groups is 1. The van der Waals surface area contributed by atoms with Gasteiger partial charge in [-0.25, -0.2) is 0 Å². The molecule has 1 N–H and O–H groups in total. The number of rotatable bonds is 3. The second-order valence-corrected chi connectivity index (χ2v) is 8.97. The number of benzene rings is 1. The molecule has 162 valence electrons. The van der Waals surface area contributed by atoms with Crippen molar-refractivity contribution in [2.75, 3.05) is 60.0 Å². The lowest BCUT2D eigenvalue weighted by atomic mass is 9.75. The van der Waals surface area contributed by atoms with Crippen LogP contribution in [0.3, 0.4) is 0 Å². The summed E-state index contributed by atoms with van der Waals surface area (Å²) >= 11 is 0. The number of carbonyl (C=O) groups excluding carboxylic acids is 1. The van der Waals surface area contributed by atoms with Crippen molar-refractivity contribution in [3.63, 3.8) is 0 Å². The number of hydrogen-bond acceptors (Lipinski definition) is 5. The number of ether oxygens (including phenoxy) is 1. The molecule has 0 radical (unpaired) electrons. The summed E-state index contributed by atoms with van der Waals surface area (Å²) in [4.78, 5) is 19.0. The van der Waals surface area contributed by atoms with Crippen LogP contribution in [0.25, 0.3) is 0 Å². The minimum Gasteiger partial charge on any atom is -0.491 e. The minimum absolute atomic E-state index is 0.0468. The van der Waals surface area contributed by atoms with Crippen LogP contribution in [-0.4, -0.2) is 85.7 Å². The molecule has 0 aromatic heterocycles. The highest BCUT2D eigenvalue weighted by atomic mass is 16.5. The van der Waals surface area contributed by atoms with Crippen LogP contribution >= 0.6 is 0 Å². The van der Waals surface area contributed by atoms with Gasteiger partial charge in [0.15, 0.2) is 0 Å². The van der Waals surface area contributed by atoms with Crippen LogP contribution in [0.1, 0.15) is 37.7 Å². The molecule has 0 atom stereocenters. The maximum absolute atomic E-state index is 12.7. The third-order valence-corrected chi connectivity index (χ3v) is 6.43. The topological polar surface area (TPSA) is 56.2 Å². The Morgan fingerprint density at radius 2 is 1.86 bits per heavy atom. The van der Waals surface area contributed by atoms with Gasteiger partial charge in [-0.2, -0.15) is 0 Å². The second-order valence-electron chi connectivity index (χ2n) is 8.97. The molecule has 1 saturated heterocycles. The van der Waals surface area contributed by atoms with Gasteiger partial charge in [0.1, 0.15) is 12.4 Å². The number of fused-ring (bicyclic) bond motifs is 9. The smallest absolute Gasteiger partial charge is 0.236 e. The van der Waals surface area contributed by atoms with Crippen LogP contribution in [0, 0.1) is 5.41 Å². The van der Waals surface area contributed by atoms with Crippen LogP contribution < -0.4 is 4.74 Å². The number of likely N-dealkylation sites (N-methyl/N-ethyl adjacent to an activating group) is 1. The molecule has 3 aliphatic rings. The van der Waals surface area contributed by atoms with Crippen molar-refractivity contribution in [2.45, 2.75) is 38.6 Å². The van der Waals surface area contributed by atoms with E-state index < -0.39 is 0 Å². The summed E-state index contributed by atoms with van der Waals surface area (Å²) in [6, 6.07) is 8.23. The van der Waals surface area contributed by atoms with Gasteiger partial charge in [0, 0.05) is 25.3 Å². The molecular formula is C23H37N3O3. The summed E-state index contributed by atoms with van der Waals surface area (Å²) in [5.41, 5.74) is 1.25. The molecular weight excluding hydrogens is 366 g/mol. The number of amides is 1. The van der Waals surface area contributed by atoms with Crippen molar-refractivity contribution in [3.8, 4) is 5.75 Å². The highest BCUT2D eigenvalue weighted by molar-refractivity contribution is 5.78. The molecule has 29 heavy (non-hydrogen) atoms. The highest BCUT2D eigenvalue weighted by Crippen LogP contribution is 2.37. The summed E-state index contributed by atoms with van der Waals surface area (Å²) in [5.74, 6) is 1.07. The van der Waals surface area contributed by atoms with Gasteiger partial charge >= 0.3 is 0 Å². The maximum Gasteiger partial charge on any atom is 0.236 e. The van der Waals surface area contributed by atoms with Gasteiger partial charge in [0.05, 0.1) is 13.1 Å². The average Bonchev–Trinajstić information content (AvgIpc) is 2.72. The first-order chi connectivity index (χ1) is 14.0. The van der Waals surface area contributed by atoms with Crippen LogP contribution in [0.5, 0.6) is 5.75 Å². The molecule has 0 aliphatic carbocycles. The van der Waals surface area contributed by atoms with E-state index in [0.717, 1.165) is 64.0 Å². The number of para-hydroxylation sites is 1. The van der Waals surface area contributed by atoms with E-state index in [1.807, 2.05) is 36.0 Å². The van der Waals surface area contributed by atoms with E-state index in [9.17, 15) is 9.90 Å². The Balaban J connectivity index is 1.75. The van der Waals surface area contributed by atoms with E-state index in [2.05, 4.69) is 17.0 Å². The summed E-state index contributed by atoms with van der Waals surface area (Å²) in [5, 5.41) is 10.1. The molecule has 1 amide bonds. The Hall–Kier alpha value is -1.63. The molecule has 3 aliphatic heterocycles. The van der Waals surface area contributed by atoms with E-state index in [4.69, 9.17) is 4.74 Å². The Morgan fingerprint density at radius 1 is 1.10 bits per heavy atom. The van der Waals surface area contributed by atoms with Gasteiger partial charge in [0.2, 0.25) is 5.91 Å². The molecule has 2 bridgehead atoms. The predicted octanol–water partition coefficient (Wildman–Crippen LogP) is 2.21. The lowest BCUT2D eigenvalue weighted by Crippen LogP contribution is -2.42. The number of carbonyl (C=O) groups is 1. The van der Waals surface area contributed by atoms with E-state index >= 15 is 0 Å². The third-order valence-electron chi connectivity index (χ3n) is 6.43. The van der Waals surface area contributed by atoms with E-state index in [1.54, 1.807) is 0 Å². The number of hydrogen-bond donors (Lipinski definition) is 1. The van der Waals surface area contributed by atoms with Crippen molar-refractivity contribution in [2.24, 2.45) is 5.41 Å². The largest absolute Gasteiger partial charge is 0.491 e. The minimum atomic E-state index is 0.0468. The van der Waals surface area contributed by atoms with Gasteiger partial charge in [-0.05, 0) is 64.3 Å². The van der Waals surface area contributed by atoms with Gasteiger partial charge in [0.25, 0.3) is 0 Å². The molecule has 1 aromatic carbocycles. The zero-order valence-electron chi connectivity index (χ0n) is 18.1. The number of piperidine rings is 1. The third kappa shape index (κ3) is 6.17. The fourth-order valence-electron chi connectivity index (χ4n) is 4.49. The molecule has 6 nitrogen and oxygen atoms in total. The van der Waals surface area contributed by atoms with Crippen molar-refractivity contribution < 1.29 is 14.6 Å². The predicted molar refractivity (Wildman–Crippen MR) is 115 cm³/mol. The second kappa shape index (κ2) is 10.4. The first kappa shape index (κ1) is 22.1.